The molecule has 2 aromatic carbocycles. The average molecular weight is 347 g/mol. The Morgan fingerprint density at radius 3 is 2.54 bits per heavy atom. The third-order valence-corrected chi connectivity index (χ3v) is 3.62. The largest absolute Gasteiger partial charge is 0.491 e. The Morgan fingerprint density at radius 1 is 1.17 bits per heavy atom. The van der Waals surface area contributed by atoms with Crippen LogP contribution < -0.4 is 15.4 Å². The minimum atomic E-state index is -0.0485. The second-order valence-corrected chi connectivity index (χ2v) is 6.31. The van der Waals surface area contributed by atoms with Crippen molar-refractivity contribution in [2.24, 2.45) is 0 Å². The van der Waals surface area contributed by atoms with E-state index in [2.05, 4.69) is 10.6 Å². The number of ether oxygens (including phenoxy) is 1. The maximum Gasteiger partial charge on any atom is 0.226 e. The van der Waals surface area contributed by atoms with E-state index in [0.29, 0.717) is 18.0 Å². The summed E-state index contributed by atoms with van der Waals surface area (Å²) in [6, 6.07) is 13.2. The first-order valence-electron chi connectivity index (χ1n) is 8.00. The summed E-state index contributed by atoms with van der Waals surface area (Å²) in [5.41, 5.74) is 2.70. The molecule has 2 rings (SSSR count). The molecule has 0 aliphatic heterocycles. The van der Waals surface area contributed by atoms with Crippen LogP contribution in [-0.4, -0.2) is 18.6 Å². The zero-order valence-corrected chi connectivity index (χ0v) is 15.0. The highest BCUT2D eigenvalue weighted by molar-refractivity contribution is 6.31. The quantitative estimate of drug-likeness (QED) is 0.751. The summed E-state index contributed by atoms with van der Waals surface area (Å²) >= 11 is 5.95. The van der Waals surface area contributed by atoms with E-state index in [-0.39, 0.29) is 12.0 Å². The highest BCUT2D eigenvalue weighted by Gasteiger charge is 2.05. The second-order valence-electron chi connectivity index (χ2n) is 5.88. The first-order valence-corrected chi connectivity index (χ1v) is 8.38. The van der Waals surface area contributed by atoms with Gasteiger partial charge < -0.3 is 15.4 Å². The number of benzene rings is 2. The van der Waals surface area contributed by atoms with Crippen molar-refractivity contribution >= 4 is 28.9 Å². The fourth-order valence-corrected chi connectivity index (χ4v) is 2.36. The molecule has 0 bridgehead atoms. The molecule has 0 saturated carbocycles. The van der Waals surface area contributed by atoms with Gasteiger partial charge in [0.2, 0.25) is 5.91 Å². The van der Waals surface area contributed by atoms with E-state index in [1.165, 1.54) is 0 Å². The normalized spacial score (nSPS) is 10.5. The molecule has 2 aromatic rings. The lowest BCUT2D eigenvalue weighted by molar-refractivity contribution is -0.115. The first-order chi connectivity index (χ1) is 11.4. The van der Waals surface area contributed by atoms with Crippen molar-refractivity contribution < 1.29 is 9.53 Å². The Balaban J connectivity index is 1.79. The van der Waals surface area contributed by atoms with Gasteiger partial charge in [-0.15, -0.1) is 0 Å². The number of halogens is 1. The molecule has 0 spiro atoms. The molecule has 2 N–H and O–H groups in total. The van der Waals surface area contributed by atoms with E-state index in [9.17, 15) is 4.79 Å². The molecular formula is C19H23ClN2O2. The first kappa shape index (κ1) is 18.1. The maximum atomic E-state index is 12.0. The molecule has 5 heteroatoms. The highest BCUT2D eigenvalue weighted by Crippen LogP contribution is 2.20. The van der Waals surface area contributed by atoms with E-state index >= 15 is 0 Å². The molecule has 1 amide bonds. The van der Waals surface area contributed by atoms with Crippen LogP contribution in [0.15, 0.2) is 42.5 Å². The van der Waals surface area contributed by atoms with Crippen molar-refractivity contribution in [3.05, 3.63) is 53.1 Å². The number of carbonyl (C=O) groups excluding carboxylic acids is 1. The Bertz CT molecular complexity index is 684. The van der Waals surface area contributed by atoms with E-state index in [4.69, 9.17) is 16.3 Å². The van der Waals surface area contributed by atoms with E-state index < -0.39 is 0 Å². The Hall–Kier alpha value is -2.20. The second kappa shape index (κ2) is 8.60. The lowest BCUT2D eigenvalue weighted by atomic mass is 10.2. The summed E-state index contributed by atoms with van der Waals surface area (Å²) in [5, 5.41) is 6.72. The number of amides is 1. The lowest BCUT2D eigenvalue weighted by Crippen LogP contribution is -2.16. The van der Waals surface area contributed by atoms with Gasteiger partial charge in [0.15, 0.2) is 0 Å². The SMILES string of the molecule is Cc1ccc(Cl)cc1NC(=O)CCNc1ccc(OC(C)C)cc1. The average Bonchev–Trinajstić information content (AvgIpc) is 2.52. The summed E-state index contributed by atoms with van der Waals surface area (Å²) in [6.07, 6.45) is 0.526. The van der Waals surface area contributed by atoms with Crippen molar-refractivity contribution in [3.8, 4) is 5.75 Å². The fraction of sp³-hybridized carbons (Fsp3) is 0.316. The number of hydrogen-bond donors (Lipinski definition) is 2. The van der Waals surface area contributed by atoms with Gasteiger partial charge in [-0.3, -0.25) is 4.79 Å². The minimum absolute atomic E-state index is 0.0485. The molecule has 0 aliphatic carbocycles. The standard InChI is InChI=1S/C19H23ClN2O2/c1-13(2)24-17-8-6-16(7-9-17)21-11-10-19(23)22-18-12-15(20)5-4-14(18)3/h4-9,12-13,21H,10-11H2,1-3H3,(H,22,23). The van der Waals surface area contributed by atoms with Crippen molar-refractivity contribution in [2.75, 3.05) is 17.2 Å². The summed E-state index contributed by atoms with van der Waals surface area (Å²) in [7, 11) is 0. The maximum absolute atomic E-state index is 12.0. The molecule has 0 saturated heterocycles. The Labute approximate surface area is 148 Å². The van der Waals surface area contributed by atoms with Gasteiger partial charge in [-0.05, 0) is 62.7 Å². The molecule has 0 heterocycles. The van der Waals surface area contributed by atoms with Gasteiger partial charge in [0.1, 0.15) is 5.75 Å². The van der Waals surface area contributed by atoms with Crippen LogP contribution in [0.5, 0.6) is 5.75 Å². The van der Waals surface area contributed by atoms with Crippen LogP contribution >= 0.6 is 11.6 Å². The smallest absolute Gasteiger partial charge is 0.226 e. The highest BCUT2D eigenvalue weighted by atomic mass is 35.5. The molecule has 0 fully saturated rings. The summed E-state index contributed by atoms with van der Waals surface area (Å²) in [5.74, 6) is 0.789. The number of rotatable bonds is 7. The van der Waals surface area contributed by atoms with Gasteiger partial charge in [0.05, 0.1) is 6.10 Å². The molecule has 0 unspecified atom stereocenters. The summed E-state index contributed by atoms with van der Waals surface area (Å²) < 4.78 is 5.60. The minimum Gasteiger partial charge on any atom is -0.491 e. The monoisotopic (exact) mass is 346 g/mol. The number of nitrogens with one attached hydrogen (secondary N) is 2. The van der Waals surface area contributed by atoms with Crippen molar-refractivity contribution in [3.63, 3.8) is 0 Å². The van der Waals surface area contributed by atoms with Crippen LogP contribution in [0, 0.1) is 6.92 Å². The number of hydrogen-bond acceptors (Lipinski definition) is 3. The van der Waals surface area contributed by atoms with Crippen LogP contribution in [0.4, 0.5) is 11.4 Å². The Morgan fingerprint density at radius 2 is 1.88 bits per heavy atom. The van der Waals surface area contributed by atoms with Crippen LogP contribution in [0.2, 0.25) is 5.02 Å². The van der Waals surface area contributed by atoms with Gasteiger partial charge >= 0.3 is 0 Å². The molecule has 0 atom stereocenters. The predicted molar refractivity (Wildman–Crippen MR) is 100 cm³/mol. The topological polar surface area (TPSA) is 50.4 Å². The Kier molecular flexibility index (Phi) is 6.50. The molecule has 0 radical (unpaired) electrons. The molecule has 0 aliphatic rings. The van der Waals surface area contributed by atoms with Crippen molar-refractivity contribution in [2.45, 2.75) is 33.3 Å². The summed E-state index contributed by atoms with van der Waals surface area (Å²) in [4.78, 5) is 12.0. The third kappa shape index (κ3) is 5.78. The predicted octanol–water partition coefficient (Wildman–Crippen LogP) is 4.88. The van der Waals surface area contributed by atoms with Crippen LogP contribution in [0.25, 0.3) is 0 Å². The number of aryl methyl sites for hydroxylation is 1. The van der Waals surface area contributed by atoms with E-state index in [0.717, 1.165) is 22.7 Å². The molecular weight excluding hydrogens is 324 g/mol. The van der Waals surface area contributed by atoms with Gasteiger partial charge in [-0.1, -0.05) is 17.7 Å². The summed E-state index contributed by atoms with van der Waals surface area (Å²) in [6.45, 7) is 6.47. The van der Waals surface area contributed by atoms with Gasteiger partial charge in [0.25, 0.3) is 0 Å². The van der Waals surface area contributed by atoms with Gasteiger partial charge in [-0.25, -0.2) is 0 Å². The van der Waals surface area contributed by atoms with E-state index in [1.54, 1.807) is 12.1 Å². The van der Waals surface area contributed by atoms with Crippen LogP contribution in [0.1, 0.15) is 25.8 Å². The van der Waals surface area contributed by atoms with Crippen LogP contribution in [-0.2, 0) is 4.79 Å². The number of anilines is 2. The van der Waals surface area contributed by atoms with Gasteiger partial charge in [-0.2, -0.15) is 0 Å². The molecule has 0 aromatic heterocycles. The molecule has 24 heavy (non-hydrogen) atoms. The zero-order valence-electron chi connectivity index (χ0n) is 14.2. The van der Waals surface area contributed by atoms with Gasteiger partial charge in [0, 0.05) is 29.4 Å². The van der Waals surface area contributed by atoms with Crippen LogP contribution in [0.3, 0.4) is 0 Å². The fourth-order valence-electron chi connectivity index (χ4n) is 2.19. The number of carbonyl (C=O) groups is 1. The third-order valence-electron chi connectivity index (χ3n) is 3.38. The lowest BCUT2D eigenvalue weighted by Gasteiger charge is -2.12. The molecule has 4 nitrogen and oxygen atoms in total. The van der Waals surface area contributed by atoms with E-state index in [1.807, 2.05) is 51.1 Å². The van der Waals surface area contributed by atoms with Crippen molar-refractivity contribution in [1.29, 1.82) is 0 Å². The molecule has 128 valence electrons. The zero-order chi connectivity index (χ0) is 17.5. The van der Waals surface area contributed by atoms with Crippen molar-refractivity contribution in [1.82, 2.24) is 0 Å².